The highest BCUT2D eigenvalue weighted by Crippen LogP contribution is 2.28. The van der Waals surface area contributed by atoms with E-state index in [1.54, 1.807) is 0 Å². The first-order valence-corrected chi connectivity index (χ1v) is 5.85. The van der Waals surface area contributed by atoms with Crippen molar-refractivity contribution in [1.29, 1.82) is 0 Å². The zero-order chi connectivity index (χ0) is 9.10. The van der Waals surface area contributed by atoms with Gasteiger partial charge in [0, 0.05) is 32.2 Å². The van der Waals surface area contributed by atoms with Gasteiger partial charge in [0.05, 0.1) is 0 Å². The third-order valence-electron chi connectivity index (χ3n) is 3.66. The molecule has 1 N–H and O–H groups in total. The second-order valence-electron chi connectivity index (χ2n) is 4.56. The molecule has 1 unspecified atom stereocenters. The molecule has 1 aliphatic carbocycles. The van der Waals surface area contributed by atoms with E-state index in [0.29, 0.717) is 0 Å². The fourth-order valence-electron chi connectivity index (χ4n) is 2.45. The van der Waals surface area contributed by atoms with Gasteiger partial charge < -0.3 is 5.32 Å². The van der Waals surface area contributed by atoms with E-state index in [9.17, 15) is 0 Å². The largest absolute Gasteiger partial charge is 0.314 e. The SMILES string of the molecule is CCC1CNCCN1CC1CCC1. The first-order chi connectivity index (χ1) is 6.40. The highest BCUT2D eigenvalue weighted by Gasteiger charge is 2.26. The van der Waals surface area contributed by atoms with Gasteiger partial charge in [0.1, 0.15) is 0 Å². The average molecular weight is 182 g/mol. The number of hydrogen-bond acceptors (Lipinski definition) is 2. The molecule has 0 aromatic heterocycles. The highest BCUT2D eigenvalue weighted by atomic mass is 15.2. The first kappa shape index (κ1) is 9.47. The summed E-state index contributed by atoms with van der Waals surface area (Å²) in [5.41, 5.74) is 0. The minimum Gasteiger partial charge on any atom is -0.314 e. The van der Waals surface area contributed by atoms with Crippen LogP contribution in [0.15, 0.2) is 0 Å². The summed E-state index contributed by atoms with van der Waals surface area (Å²) >= 11 is 0. The molecule has 2 nitrogen and oxygen atoms in total. The molecule has 2 aliphatic rings. The van der Waals surface area contributed by atoms with Crippen LogP contribution in [-0.4, -0.2) is 37.1 Å². The van der Waals surface area contributed by atoms with E-state index in [1.165, 1.54) is 51.9 Å². The Morgan fingerprint density at radius 3 is 2.85 bits per heavy atom. The average Bonchev–Trinajstić information content (AvgIpc) is 2.12. The molecule has 1 aliphatic heterocycles. The van der Waals surface area contributed by atoms with E-state index in [4.69, 9.17) is 0 Å². The van der Waals surface area contributed by atoms with Gasteiger partial charge in [0.15, 0.2) is 0 Å². The summed E-state index contributed by atoms with van der Waals surface area (Å²) in [6.07, 6.45) is 5.76. The Balaban J connectivity index is 1.79. The van der Waals surface area contributed by atoms with Gasteiger partial charge in [-0.1, -0.05) is 13.3 Å². The fourth-order valence-corrected chi connectivity index (χ4v) is 2.45. The van der Waals surface area contributed by atoms with Gasteiger partial charge in [-0.3, -0.25) is 4.90 Å². The van der Waals surface area contributed by atoms with Gasteiger partial charge in [-0.2, -0.15) is 0 Å². The molecule has 0 bridgehead atoms. The minimum absolute atomic E-state index is 0.814. The molecule has 0 amide bonds. The first-order valence-electron chi connectivity index (χ1n) is 5.85. The van der Waals surface area contributed by atoms with Crippen LogP contribution in [0.25, 0.3) is 0 Å². The second-order valence-corrected chi connectivity index (χ2v) is 4.56. The molecule has 2 fully saturated rings. The Labute approximate surface area is 81.7 Å². The fraction of sp³-hybridized carbons (Fsp3) is 1.00. The summed E-state index contributed by atoms with van der Waals surface area (Å²) in [4.78, 5) is 2.71. The van der Waals surface area contributed by atoms with Crippen molar-refractivity contribution < 1.29 is 0 Å². The topological polar surface area (TPSA) is 15.3 Å². The molecular weight excluding hydrogens is 160 g/mol. The summed E-state index contributed by atoms with van der Waals surface area (Å²) in [5, 5.41) is 3.48. The van der Waals surface area contributed by atoms with Gasteiger partial charge >= 0.3 is 0 Å². The van der Waals surface area contributed by atoms with E-state index in [2.05, 4.69) is 17.1 Å². The number of piperazine rings is 1. The lowest BCUT2D eigenvalue weighted by Gasteiger charge is -2.40. The number of nitrogens with one attached hydrogen (secondary N) is 1. The monoisotopic (exact) mass is 182 g/mol. The van der Waals surface area contributed by atoms with Crippen molar-refractivity contribution in [3.63, 3.8) is 0 Å². The zero-order valence-electron chi connectivity index (χ0n) is 8.76. The third kappa shape index (κ3) is 2.23. The van der Waals surface area contributed by atoms with Crippen LogP contribution < -0.4 is 5.32 Å². The standard InChI is InChI=1S/C11H22N2/c1-2-11-8-12-6-7-13(11)9-10-4-3-5-10/h10-12H,2-9H2,1H3. The second kappa shape index (κ2) is 4.43. The Hall–Kier alpha value is -0.0800. The molecule has 0 aromatic carbocycles. The lowest BCUT2D eigenvalue weighted by atomic mass is 9.84. The van der Waals surface area contributed by atoms with Crippen molar-refractivity contribution >= 4 is 0 Å². The summed E-state index contributed by atoms with van der Waals surface area (Å²) in [6, 6.07) is 0.814. The molecule has 0 spiro atoms. The summed E-state index contributed by atoms with van der Waals surface area (Å²) < 4.78 is 0. The Kier molecular flexibility index (Phi) is 3.23. The maximum atomic E-state index is 3.48. The molecule has 1 saturated carbocycles. The molecular formula is C11H22N2. The van der Waals surface area contributed by atoms with Crippen LogP contribution in [0.5, 0.6) is 0 Å². The molecule has 76 valence electrons. The van der Waals surface area contributed by atoms with Crippen LogP contribution in [0.3, 0.4) is 0 Å². The molecule has 1 saturated heterocycles. The Morgan fingerprint density at radius 1 is 1.38 bits per heavy atom. The quantitative estimate of drug-likeness (QED) is 0.711. The van der Waals surface area contributed by atoms with Crippen molar-refractivity contribution in [3.05, 3.63) is 0 Å². The lowest BCUT2D eigenvalue weighted by Crippen LogP contribution is -2.52. The van der Waals surface area contributed by atoms with Gasteiger partial charge in [-0.25, -0.2) is 0 Å². The van der Waals surface area contributed by atoms with Crippen molar-refractivity contribution in [2.75, 3.05) is 26.2 Å². The van der Waals surface area contributed by atoms with Crippen LogP contribution in [0.1, 0.15) is 32.6 Å². The summed E-state index contributed by atoms with van der Waals surface area (Å²) in [6.45, 7) is 7.37. The van der Waals surface area contributed by atoms with Gasteiger partial charge in [-0.15, -0.1) is 0 Å². The number of hydrogen-bond donors (Lipinski definition) is 1. The highest BCUT2D eigenvalue weighted by molar-refractivity contribution is 4.82. The number of rotatable bonds is 3. The zero-order valence-corrected chi connectivity index (χ0v) is 8.76. The smallest absolute Gasteiger partial charge is 0.0218 e. The van der Waals surface area contributed by atoms with Crippen LogP contribution >= 0.6 is 0 Å². The van der Waals surface area contributed by atoms with Crippen LogP contribution in [-0.2, 0) is 0 Å². The lowest BCUT2D eigenvalue weighted by molar-refractivity contribution is 0.108. The Morgan fingerprint density at radius 2 is 2.23 bits per heavy atom. The van der Waals surface area contributed by atoms with Crippen molar-refractivity contribution in [3.8, 4) is 0 Å². The van der Waals surface area contributed by atoms with E-state index in [-0.39, 0.29) is 0 Å². The summed E-state index contributed by atoms with van der Waals surface area (Å²) in [5.74, 6) is 1.03. The molecule has 1 atom stereocenters. The van der Waals surface area contributed by atoms with E-state index in [0.717, 1.165) is 12.0 Å². The molecule has 2 rings (SSSR count). The summed E-state index contributed by atoms with van der Waals surface area (Å²) in [7, 11) is 0. The van der Waals surface area contributed by atoms with Crippen LogP contribution in [0.4, 0.5) is 0 Å². The molecule has 0 radical (unpaired) electrons. The predicted octanol–water partition coefficient (Wildman–Crippen LogP) is 1.47. The molecule has 0 aromatic rings. The molecule has 2 heteroatoms. The third-order valence-corrected chi connectivity index (χ3v) is 3.66. The molecule has 1 heterocycles. The van der Waals surface area contributed by atoms with E-state index < -0.39 is 0 Å². The minimum atomic E-state index is 0.814. The number of nitrogens with zero attached hydrogens (tertiary/aromatic N) is 1. The van der Waals surface area contributed by atoms with Gasteiger partial charge in [-0.05, 0) is 25.2 Å². The molecule has 13 heavy (non-hydrogen) atoms. The van der Waals surface area contributed by atoms with Crippen LogP contribution in [0, 0.1) is 5.92 Å². The van der Waals surface area contributed by atoms with Gasteiger partial charge in [0.25, 0.3) is 0 Å². The van der Waals surface area contributed by atoms with Crippen LogP contribution in [0.2, 0.25) is 0 Å². The van der Waals surface area contributed by atoms with Crippen molar-refractivity contribution in [2.45, 2.75) is 38.6 Å². The normalized spacial score (nSPS) is 31.6. The predicted molar refractivity (Wildman–Crippen MR) is 55.9 cm³/mol. The van der Waals surface area contributed by atoms with E-state index >= 15 is 0 Å². The maximum absolute atomic E-state index is 3.48. The maximum Gasteiger partial charge on any atom is 0.0218 e. The van der Waals surface area contributed by atoms with Crippen molar-refractivity contribution in [1.82, 2.24) is 10.2 Å². The van der Waals surface area contributed by atoms with E-state index in [1.807, 2.05) is 0 Å². The van der Waals surface area contributed by atoms with Crippen molar-refractivity contribution in [2.24, 2.45) is 5.92 Å². The van der Waals surface area contributed by atoms with Gasteiger partial charge in [0.2, 0.25) is 0 Å². The Bertz CT molecular complexity index is 154.